The summed E-state index contributed by atoms with van der Waals surface area (Å²) in [4.78, 5) is 0. The van der Waals surface area contributed by atoms with E-state index < -0.39 is 0 Å². The summed E-state index contributed by atoms with van der Waals surface area (Å²) in [5.74, 6) is 0. The maximum atomic E-state index is 3.95. The van der Waals surface area contributed by atoms with Crippen molar-refractivity contribution in [3.8, 4) is 0 Å². The third-order valence-electron chi connectivity index (χ3n) is 2.85. The third-order valence-corrected chi connectivity index (χ3v) is 2.85. The maximum absolute atomic E-state index is 3.95. The SMILES string of the molecule is C=C/C=C(\C=C/C)C(/NC(=C)C)=C(/C)c1ccccc1. The minimum atomic E-state index is 0.912. The van der Waals surface area contributed by atoms with Gasteiger partial charge in [0.2, 0.25) is 0 Å². The molecular formula is C19H23N. The minimum absolute atomic E-state index is 0.912. The van der Waals surface area contributed by atoms with E-state index in [1.165, 1.54) is 11.1 Å². The van der Waals surface area contributed by atoms with Crippen LogP contribution in [0.3, 0.4) is 0 Å². The van der Waals surface area contributed by atoms with Crippen LogP contribution >= 0.6 is 0 Å². The largest absolute Gasteiger partial charge is 0.359 e. The first-order chi connectivity index (χ1) is 9.60. The monoisotopic (exact) mass is 265 g/mol. The number of allylic oxidation sites excluding steroid dienone is 6. The molecule has 0 heterocycles. The van der Waals surface area contributed by atoms with E-state index in [1.807, 2.05) is 44.2 Å². The highest BCUT2D eigenvalue weighted by molar-refractivity contribution is 5.72. The Kier molecular flexibility index (Phi) is 6.31. The summed E-state index contributed by atoms with van der Waals surface area (Å²) in [5.41, 5.74) is 5.43. The lowest BCUT2D eigenvalue weighted by molar-refractivity contribution is 0.995. The molecule has 104 valence electrons. The molecule has 0 atom stereocenters. The van der Waals surface area contributed by atoms with Crippen molar-refractivity contribution >= 4 is 5.57 Å². The van der Waals surface area contributed by atoms with Gasteiger partial charge < -0.3 is 5.32 Å². The first-order valence-corrected chi connectivity index (χ1v) is 6.74. The standard InChI is InChI=1S/C19H23N/c1-6-11-18(12-7-2)19(20-15(3)4)16(5)17-13-9-8-10-14-17/h6-14,20H,1,3H2,2,4-5H3/b12-7-,18-11+,19-16+. The second-order valence-electron chi connectivity index (χ2n) is 4.63. The summed E-state index contributed by atoms with van der Waals surface area (Å²) in [6.07, 6.45) is 7.89. The lowest BCUT2D eigenvalue weighted by Crippen LogP contribution is -2.13. The fourth-order valence-corrected chi connectivity index (χ4v) is 1.96. The number of rotatable bonds is 6. The van der Waals surface area contributed by atoms with Gasteiger partial charge in [0.15, 0.2) is 0 Å². The number of hydrogen-bond donors (Lipinski definition) is 1. The van der Waals surface area contributed by atoms with Crippen molar-refractivity contribution in [2.75, 3.05) is 0 Å². The molecule has 0 saturated heterocycles. The average molecular weight is 265 g/mol. The van der Waals surface area contributed by atoms with E-state index in [1.54, 1.807) is 6.08 Å². The van der Waals surface area contributed by atoms with Crippen LogP contribution in [0.25, 0.3) is 5.57 Å². The van der Waals surface area contributed by atoms with Gasteiger partial charge in [0, 0.05) is 11.4 Å². The molecule has 0 aromatic heterocycles. The van der Waals surface area contributed by atoms with Gasteiger partial charge in [0.25, 0.3) is 0 Å². The van der Waals surface area contributed by atoms with Gasteiger partial charge in [-0.3, -0.25) is 0 Å². The summed E-state index contributed by atoms with van der Waals surface area (Å²) >= 11 is 0. The normalized spacial score (nSPS) is 13.1. The van der Waals surface area contributed by atoms with Gasteiger partial charge in [0.05, 0.1) is 0 Å². The Labute approximate surface area is 122 Å². The highest BCUT2D eigenvalue weighted by Crippen LogP contribution is 2.23. The number of hydrogen-bond acceptors (Lipinski definition) is 1. The molecule has 1 heteroatoms. The van der Waals surface area contributed by atoms with Crippen molar-refractivity contribution < 1.29 is 0 Å². The summed E-state index contributed by atoms with van der Waals surface area (Å²) in [6.45, 7) is 13.8. The van der Waals surface area contributed by atoms with Crippen LogP contribution in [0.4, 0.5) is 0 Å². The van der Waals surface area contributed by atoms with Gasteiger partial charge in [0.1, 0.15) is 0 Å². The van der Waals surface area contributed by atoms with Crippen LogP contribution in [0.15, 0.2) is 84.8 Å². The van der Waals surface area contributed by atoms with Crippen LogP contribution in [0.2, 0.25) is 0 Å². The molecule has 1 rings (SSSR count). The molecule has 0 aliphatic carbocycles. The Hall–Kier alpha value is -2.28. The van der Waals surface area contributed by atoms with Crippen molar-refractivity contribution in [3.05, 3.63) is 90.3 Å². The average Bonchev–Trinajstić information content (AvgIpc) is 2.44. The van der Waals surface area contributed by atoms with Gasteiger partial charge in [-0.1, -0.05) is 67.8 Å². The maximum Gasteiger partial charge on any atom is 0.0490 e. The van der Waals surface area contributed by atoms with Crippen LogP contribution in [0.5, 0.6) is 0 Å². The Morgan fingerprint density at radius 1 is 1.15 bits per heavy atom. The lowest BCUT2D eigenvalue weighted by Gasteiger charge is -2.16. The molecule has 0 unspecified atom stereocenters. The molecule has 0 aliphatic rings. The van der Waals surface area contributed by atoms with E-state index in [4.69, 9.17) is 0 Å². The van der Waals surface area contributed by atoms with Crippen molar-refractivity contribution in [2.45, 2.75) is 20.8 Å². The highest BCUT2D eigenvalue weighted by Gasteiger charge is 2.08. The second-order valence-corrected chi connectivity index (χ2v) is 4.63. The third kappa shape index (κ3) is 4.43. The van der Waals surface area contributed by atoms with Crippen LogP contribution in [-0.2, 0) is 0 Å². The van der Waals surface area contributed by atoms with Gasteiger partial charge in [-0.2, -0.15) is 0 Å². The predicted octanol–water partition coefficient (Wildman–Crippen LogP) is 5.23. The van der Waals surface area contributed by atoms with Gasteiger partial charge in [-0.25, -0.2) is 0 Å². The molecular weight excluding hydrogens is 242 g/mol. The molecule has 0 radical (unpaired) electrons. The summed E-state index contributed by atoms with van der Waals surface area (Å²) < 4.78 is 0. The lowest BCUT2D eigenvalue weighted by atomic mass is 10.00. The Bertz CT molecular complexity index is 557. The zero-order chi connectivity index (χ0) is 15.0. The molecule has 0 aliphatic heterocycles. The van der Waals surface area contributed by atoms with E-state index in [-0.39, 0.29) is 0 Å². The molecule has 1 aromatic carbocycles. The van der Waals surface area contributed by atoms with Crippen molar-refractivity contribution in [2.24, 2.45) is 0 Å². The molecule has 0 spiro atoms. The molecule has 0 saturated carbocycles. The van der Waals surface area contributed by atoms with E-state index in [9.17, 15) is 0 Å². The quantitative estimate of drug-likeness (QED) is 0.694. The van der Waals surface area contributed by atoms with Crippen molar-refractivity contribution in [1.82, 2.24) is 5.32 Å². The van der Waals surface area contributed by atoms with E-state index in [2.05, 4.69) is 43.6 Å². The zero-order valence-electron chi connectivity index (χ0n) is 12.6. The summed E-state index contributed by atoms with van der Waals surface area (Å²) in [7, 11) is 0. The number of nitrogens with one attached hydrogen (secondary N) is 1. The first kappa shape index (κ1) is 15.8. The van der Waals surface area contributed by atoms with E-state index >= 15 is 0 Å². The number of benzene rings is 1. The van der Waals surface area contributed by atoms with Crippen molar-refractivity contribution in [1.29, 1.82) is 0 Å². The van der Waals surface area contributed by atoms with Crippen LogP contribution in [0.1, 0.15) is 26.3 Å². The zero-order valence-corrected chi connectivity index (χ0v) is 12.6. The molecule has 1 N–H and O–H groups in total. The van der Waals surface area contributed by atoms with Crippen molar-refractivity contribution in [3.63, 3.8) is 0 Å². The van der Waals surface area contributed by atoms with Gasteiger partial charge >= 0.3 is 0 Å². The van der Waals surface area contributed by atoms with E-state index in [0.717, 1.165) is 17.0 Å². The molecule has 20 heavy (non-hydrogen) atoms. The Morgan fingerprint density at radius 2 is 1.80 bits per heavy atom. The minimum Gasteiger partial charge on any atom is -0.359 e. The molecule has 1 aromatic rings. The van der Waals surface area contributed by atoms with Gasteiger partial charge in [-0.15, -0.1) is 0 Å². The van der Waals surface area contributed by atoms with Gasteiger partial charge in [-0.05, 0) is 37.5 Å². The second kappa shape index (κ2) is 8.00. The fourth-order valence-electron chi connectivity index (χ4n) is 1.96. The topological polar surface area (TPSA) is 12.0 Å². The summed E-state index contributed by atoms with van der Waals surface area (Å²) in [5, 5.41) is 3.37. The van der Waals surface area contributed by atoms with E-state index in [0.29, 0.717) is 0 Å². The van der Waals surface area contributed by atoms with Crippen LogP contribution < -0.4 is 5.32 Å². The van der Waals surface area contributed by atoms with Crippen LogP contribution in [0, 0.1) is 0 Å². The summed E-state index contributed by atoms with van der Waals surface area (Å²) in [6, 6.07) is 10.3. The Morgan fingerprint density at radius 3 is 2.30 bits per heavy atom. The first-order valence-electron chi connectivity index (χ1n) is 6.74. The Balaban J connectivity index is 3.40. The highest BCUT2D eigenvalue weighted by atomic mass is 14.9. The molecule has 0 fully saturated rings. The fraction of sp³-hybridized carbons (Fsp3) is 0.158. The molecule has 1 nitrogen and oxygen atoms in total. The smallest absolute Gasteiger partial charge is 0.0490 e. The molecule has 0 bridgehead atoms. The predicted molar refractivity (Wildman–Crippen MR) is 90.1 cm³/mol. The molecule has 0 amide bonds. The van der Waals surface area contributed by atoms with Crippen LogP contribution in [-0.4, -0.2) is 0 Å².